The quantitative estimate of drug-likeness (QED) is 0.621. The van der Waals surface area contributed by atoms with E-state index in [0.717, 1.165) is 12.8 Å². The number of rotatable bonds is 9. The summed E-state index contributed by atoms with van der Waals surface area (Å²) in [6.45, 7) is -0.315. The SMILES string of the molecule is O=C(COc1cccc(NC(=O)c2ccco2)c1)NC(CC1CC1)C(=O)O. The van der Waals surface area contributed by atoms with E-state index in [-0.39, 0.29) is 12.4 Å². The van der Waals surface area contributed by atoms with Crippen molar-refractivity contribution < 1.29 is 28.6 Å². The Kier molecular flexibility index (Phi) is 5.75. The maximum absolute atomic E-state index is 12.0. The Bertz CT molecular complexity index is 813. The predicted octanol–water partition coefficient (Wildman–Crippen LogP) is 2.28. The predicted molar refractivity (Wildman–Crippen MR) is 95.5 cm³/mol. The van der Waals surface area contributed by atoms with E-state index >= 15 is 0 Å². The average molecular weight is 372 g/mol. The molecule has 0 aliphatic heterocycles. The van der Waals surface area contributed by atoms with Gasteiger partial charge in [0, 0.05) is 11.8 Å². The maximum atomic E-state index is 12.0. The fourth-order valence-corrected chi connectivity index (χ4v) is 2.56. The Labute approximate surface area is 155 Å². The highest BCUT2D eigenvalue weighted by molar-refractivity contribution is 6.02. The second-order valence-corrected chi connectivity index (χ2v) is 6.39. The van der Waals surface area contributed by atoms with Crippen molar-refractivity contribution in [3.8, 4) is 5.75 Å². The van der Waals surface area contributed by atoms with Gasteiger partial charge in [-0.2, -0.15) is 0 Å². The van der Waals surface area contributed by atoms with Gasteiger partial charge in [-0.1, -0.05) is 18.9 Å². The van der Waals surface area contributed by atoms with Crippen LogP contribution in [-0.2, 0) is 9.59 Å². The molecule has 142 valence electrons. The molecule has 27 heavy (non-hydrogen) atoms. The third-order valence-corrected chi connectivity index (χ3v) is 4.11. The van der Waals surface area contributed by atoms with E-state index in [1.165, 1.54) is 6.26 Å². The van der Waals surface area contributed by atoms with E-state index in [1.807, 2.05) is 0 Å². The first kappa shape index (κ1) is 18.5. The number of hydrogen-bond donors (Lipinski definition) is 3. The van der Waals surface area contributed by atoms with E-state index < -0.39 is 23.8 Å². The highest BCUT2D eigenvalue weighted by atomic mass is 16.5. The van der Waals surface area contributed by atoms with Gasteiger partial charge in [-0.05, 0) is 36.6 Å². The molecule has 1 aromatic heterocycles. The summed E-state index contributed by atoms with van der Waals surface area (Å²) in [6.07, 6.45) is 3.86. The molecule has 1 unspecified atom stereocenters. The van der Waals surface area contributed by atoms with Gasteiger partial charge in [-0.3, -0.25) is 9.59 Å². The van der Waals surface area contributed by atoms with Crippen molar-refractivity contribution in [3.05, 3.63) is 48.4 Å². The molecule has 0 bridgehead atoms. The summed E-state index contributed by atoms with van der Waals surface area (Å²) < 4.78 is 10.4. The summed E-state index contributed by atoms with van der Waals surface area (Å²) in [5, 5.41) is 14.3. The Balaban J connectivity index is 1.50. The molecule has 2 amide bonds. The first-order chi connectivity index (χ1) is 13.0. The first-order valence-electron chi connectivity index (χ1n) is 8.61. The largest absolute Gasteiger partial charge is 0.484 e. The van der Waals surface area contributed by atoms with Crippen LogP contribution in [0.15, 0.2) is 47.1 Å². The normalized spacial score (nSPS) is 14.2. The number of anilines is 1. The molecule has 8 heteroatoms. The van der Waals surface area contributed by atoms with Crippen LogP contribution >= 0.6 is 0 Å². The van der Waals surface area contributed by atoms with Gasteiger partial charge in [0.05, 0.1) is 6.26 Å². The molecule has 1 atom stereocenters. The number of benzene rings is 1. The molecular formula is C19H20N2O6. The van der Waals surface area contributed by atoms with Crippen LogP contribution in [0.4, 0.5) is 5.69 Å². The molecule has 1 heterocycles. The summed E-state index contributed by atoms with van der Waals surface area (Å²) in [5.41, 5.74) is 0.478. The number of aliphatic carboxylic acids is 1. The summed E-state index contributed by atoms with van der Waals surface area (Å²) in [6, 6.07) is 8.79. The van der Waals surface area contributed by atoms with Crippen LogP contribution in [0.3, 0.4) is 0 Å². The number of carboxylic acids is 1. The number of carbonyl (C=O) groups is 3. The molecule has 1 aliphatic rings. The zero-order chi connectivity index (χ0) is 19.2. The number of nitrogens with one attached hydrogen (secondary N) is 2. The van der Waals surface area contributed by atoms with Crippen molar-refractivity contribution in [1.29, 1.82) is 0 Å². The van der Waals surface area contributed by atoms with Crippen molar-refractivity contribution in [2.75, 3.05) is 11.9 Å². The molecule has 8 nitrogen and oxygen atoms in total. The topological polar surface area (TPSA) is 118 Å². The van der Waals surface area contributed by atoms with Crippen molar-refractivity contribution in [1.82, 2.24) is 5.32 Å². The Hall–Kier alpha value is -3.29. The van der Waals surface area contributed by atoms with Crippen LogP contribution in [0.5, 0.6) is 5.75 Å². The van der Waals surface area contributed by atoms with E-state index in [0.29, 0.717) is 23.8 Å². The van der Waals surface area contributed by atoms with E-state index in [1.54, 1.807) is 36.4 Å². The van der Waals surface area contributed by atoms with Crippen LogP contribution in [0, 0.1) is 5.92 Å². The molecule has 0 spiro atoms. The summed E-state index contributed by atoms with van der Waals surface area (Å²) >= 11 is 0. The molecule has 1 aromatic carbocycles. The summed E-state index contributed by atoms with van der Waals surface area (Å²) in [4.78, 5) is 35.1. The minimum Gasteiger partial charge on any atom is -0.484 e. The number of ether oxygens (including phenoxy) is 1. The van der Waals surface area contributed by atoms with E-state index in [4.69, 9.17) is 9.15 Å². The molecular weight excluding hydrogens is 352 g/mol. The van der Waals surface area contributed by atoms with E-state index in [2.05, 4.69) is 10.6 Å². The summed E-state index contributed by atoms with van der Waals surface area (Å²) in [5.74, 6) is -1.03. The molecule has 2 aromatic rings. The van der Waals surface area contributed by atoms with Crippen LogP contribution in [0.1, 0.15) is 29.8 Å². The lowest BCUT2D eigenvalue weighted by molar-refractivity contribution is -0.142. The van der Waals surface area contributed by atoms with Crippen LogP contribution < -0.4 is 15.4 Å². The third kappa shape index (κ3) is 5.60. The fourth-order valence-electron chi connectivity index (χ4n) is 2.56. The molecule has 3 N–H and O–H groups in total. The average Bonchev–Trinajstić information content (AvgIpc) is 3.28. The van der Waals surface area contributed by atoms with Gasteiger partial charge in [0.25, 0.3) is 11.8 Å². The van der Waals surface area contributed by atoms with Gasteiger partial charge < -0.3 is 24.9 Å². The first-order valence-corrected chi connectivity index (χ1v) is 8.61. The van der Waals surface area contributed by atoms with Crippen molar-refractivity contribution in [2.24, 2.45) is 5.92 Å². The third-order valence-electron chi connectivity index (χ3n) is 4.11. The Morgan fingerprint density at radius 3 is 2.70 bits per heavy atom. The fraction of sp³-hybridized carbons (Fsp3) is 0.316. The van der Waals surface area contributed by atoms with Gasteiger partial charge >= 0.3 is 5.97 Å². The number of furan rings is 1. The standard InChI is InChI=1S/C19H20N2O6/c22-17(21-15(19(24)25)9-12-6-7-12)11-27-14-4-1-3-13(10-14)20-18(23)16-5-2-8-26-16/h1-5,8,10,12,15H,6-7,9,11H2,(H,20,23)(H,21,22)(H,24,25). The van der Waals surface area contributed by atoms with E-state index in [9.17, 15) is 19.5 Å². The zero-order valence-corrected chi connectivity index (χ0v) is 14.5. The minimum atomic E-state index is -1.04. The minimum absolute atomic E-state index is 0.177. The van der Waals surface area contributed by atoms with Crippen LogP contribution in [0.2, 0.25) is 0 Å². The lowest BCUT2D eigenvalue weighted by Crippen LogP contribution is -2.43. The monoisotopic (exact) mass is 372 g/mol. The molecule has 1 fully saturated rings. The lowest BCUT2D eigenvalue weighted by Gasteiger charge is -2.14. The summed E-state index contributed by atoms with van der Waals surface area (Å²) in [7, 11) is 0. The molecule has 1 saturated carbocycles. The number of carboxylic acid groups (broad SMARTS) is 1. The zero-order valence-electron chi connectivity index (χ0n) is 14.5. The number of amides is 2. The molecule has 0 saturated heterocycles. The van der Waals surface area contributed by atoms with Crippen molar-refractivity contribution in [2.45, 2.75) is 25.3 Å². The van der Waals surface area contributed by atoms with Gasteiger partial charge in [-0.25, -0.2) is 4.79 Å². The van der Waals surface area contributed by atoms with Crippen LogP contribution in [-0.4, -0.2) is 35.5 Å². The second-order valence-electron chi connectivity index (χ2n) is 6.39. The lowest BCUT2D eigenvalue weighted by atomic mass is 10.1. The maximum Gasteiger partial charge on any atom is 0.326 e. The smallest absolute Gasteiger partial charge is 0.326 e. The van der Waals surface area contributed by atoms with Crippen molar-refractivity contribution in [3.63, 3.8) is 0 Å². The van der Waals surface area contributed by atoms with Gasteiger partial charge in [0.15, 0.2) is 12.4 Å². The second kappa shape index (κ2) is 8.39. The molecule has 1 aliphatic carbocycles. The van der Waals surface area contributed by atoms with Gasteiger partial charge in [0.1, 0.15) is 11.8 Å². The number of hydrogen-bond acceptors (Lipinski definition) is 5. The number of carbonyl (C=O) groups excluding carboxylic acids is 2. The molecule has 0 radical (unpaired) electrons. The Morgan fingerprint density at radius 1 is 1.22 bits per heavy atom. The molecule has 3 rings (SSSR count). The highest BCUT2D eigenvalue weighted by Crippen LogP contribution is 2.33. The Morgan fingerprint density at radius 2 is 2.04 bits per heavy atom. The van der Waals surface area contributed by atoms with Crippen molar-refractivity contribution >= 4 is 23.5 Å². The van der Waals surface area contributed by atoms with Gasteiger partial charge in [0.2, 0.25) is 0 Å². The van der Waals surface area contributed by atoms with Gasteiger partial charge in [-0.15, -0.1) is 0 Å². The highest BCUT2D eigenvalue weighted by Gasteiger charge is 2.30. The van der Waals surface area contributed by atoms with Crippen LogP contribution in [0.25, 0.3) is 0 Å².